The molecule has 0 aliphatic heterocycles. The lowest BCUT2D eigenvalue weighted by atomic mass is 9.94. The van der Waals surface area contributed by atoms with Crippen molar-refractivity contribution in [1.29, 1.82) is 0 Å². The summed E-state index contributed by atoms with van der Waals surface area (Å²) in [5.74, 6) is 2.44. The second-order valence-corrected chi connectivity index (χ2v) is 8.40. The summed E-state index contributed by atoms with van der Waals surface area (Å²) in [5.41, 5.74) is 3.96. The minimum absolute atomic E-state index is 0.754. The van der Waals surface area contributed by atoms with Gasteiger partial charge in [0.2, 0.25) is 0 Å². The molecule has 1 saturated carbocycles. The smallest absolute Gasteiger partial charge is 0.139 e. The highest BCUT2D eigenvalue weighted by Gasteiger charge is 2.22. The molecule has 2 aromatic rings. The van der Waals surface area contributed by atoms with Crippen LogP contribution in [0.1, 0.15) is 56.0 Å². The Hall–Kier alpha value is -1.27. The van der Waals surface area contributed by atoms with Gasteiger partial charge in [-0.3, -0.25) is 9.58 Å². The Morgan fingerprint density at radius 1 is 1.16 bits per heavy atom. The summed E-state index contributed by atoms with van der Waals surface area (Å²) >= 11 is 2.05. The van der Waals surface area contributed by atoms with Crippen molar-refractivity contribution in [2.24, 2.45) is 0 Å². The van der Waals surface area contributed by atoms with E-state index in [4.69, 9.17) is 0 Å². The third-order valence-electron chi connectivity index (χ3n) is 5.33. The van der Waals surface area contributed by atoms with Crippen LogP contribution in [0.25, 0.3) is 0 Å². The number of hydrogen-bond acceptors (Lipinski definition) is 4. The van der Waals surface area contributed by atoms with Crippen molar-refractivity contribution in [3.05, 3.63) is 35.7 Å². The summed E-state index contributed by atoms with van der Waals surface area (Å²) in [6.07, 6.45) is 10.4. The summed E-state index contributed by atoms with van der Waals surface area (Å²) < 4.78 is 4.17. The van der Waals surface area contributed by atoms with E-state index in [2.05, 4.69) is 58.4 Å². The zero-order chi connectivity index (χ0) is 17.6. The van der Waals surface area contributed by atoms with Crippen molar-refractivity contribution < 1.29 is 0 Å². The molecule has 0 amide bonds. The van der Waals surface area contributed by atoms with E-state index < -0.39 is 0 Å². The Labute approximate surface area is 155 Å². The molecular weight excluding hydrogens is 330 g/mol. The predicted molar refractivity (Wildman–Crippen MR) is 105 cm³/mol. The predicted octanol–water partition coefficient (Wildman–Crippen LogP) is 3.90. The van der Waals surface area contributed by atoms with Gasteiger partial charge in [-0.1, -0.05) is 26.2 Å². The molecule has 0 radical (unpaired) electrons. The fourth-order valence-corrected chi connectivity index (χ4v) is 4.67. The van der Waals surface area contributed by atoms with E-state index in [1.54, 1.807) is 12.7 Å². The summed E-state index contributed by atoms with van der Waals surface area (Å²) in [4.78, 5) is 2.74. The monoisotopic (exact) mass is 361 g/mol. The summed E-state index contributed by atoms with van der Waals surface area (Å²) in [5, 5.41) is 7.91. The van der Waals surface area contributed by atoms with Crippen LogP contribution in [0, 0.1) is 13.8 Å². The maximum Gasteiger partial charge on any atom is 0.139 e. The average molecular weight is 362 g/mol. The molecule has 0 bridgehead atoms. The molecule has 2 heterocycles. The molecule has 6 heteroatoms. The van der Waals surface area contributed by atoms with Gasteiger partial charge in [0.1, 0.15) is 12.7 Å². The summed E-state index contributed by atoms with van der Waals surface area (Å²) in [6.45, 7) is 8.87. The van der Waals surface area contributed by atoms with E-state index in [0.29, 0.717) is 0 Å². The van der Waals surface area contributed by atoms with Gasteiger partial charge in [0, 0.05) is 36.3 Å². The van der Waals surface area contributed by atoms with Crippen LogP contribution in [0.2, 0.25) is 0 Å². The minimum Gasteiger partial charge on any atom is -0.295 e. The van der Waals surface area contributed by atoms with Gasteiger partial charge < -0.3 is 0 Å². The molecule has 0 aromatic carbocycles. The largest absolute Gasteiger partial charge is 0.295 e. The van der Waals surface area contributed by atoms with Gasteiger partial charge >= 0.3 is 0 Å². The molecule has 2 aromatic heterocycles. The van der Waals surface area contributed by atoms with Crippen LogP contribution in [0.5, 0.6) is 0 Å². The Morgan fingerprint density at radius 3 is 2.56 bits per heavy atom. The van der Waals surface area contributed by atoms with Gasteiger partial charge in [0.15, 0.2) is 0 Å². The highest BCUT2D eigenvalue weighted by atomic mass is 32.2. The lowest BCUT2D eigenvalue weighted by Gasteiger charge is -2.34. The Bertz CT molecular complexity index is 643. The Morgan fingerprint density at radius 2 is 1.88 bits per heavy atom. The molecule has 0 N–H and O–H groups in total. The third kappa shape index (κ3) is 4.47. The second-order valence-electron chi connectivity index (χ2n) is 7.01. The van der Waals surface area contributed by atoms with Crippen molar-refractivity contribution >= 4 is 11.8 Å². The number of nitrogens with zero attached hydrogens (tertiary/aromatic N) is 5. The van der Waals surface area contributed by atoms with E-state index in [1.165, 1.54) is 67.1 Å². The number of aromatic nitrogens is 4. The fraction of sp³-hybridized carbons (Fsp3) is 0.684. The molecule has 0 spiro atoms. The number of hydrogen-bond donors (Lipinski definition) is 0. The SMILES string of the molecule is CCSCCN(Cc1cc(C)n(-n2cnnc2)c1C)C1CCCCC1. The zero-order valence-electron chi connectivity index (χ0n) is 15.8. The van der Waals surface area contributed by atoms with E-state index >= 15 is 0 Å². The van der Waals surface area contributed by atoms with E-state index in [9.17, 15) is 0 Å². The van der Waals surface area contributed by atoms with Gasteiger partial charge in [0.25, 0.3) is 0 Å². The minimum atomic E-state index is 0.754. The lowest BCUT2D eigenvalue weighted by molar-refractivity contribution is 0.157. The first kappa shape index (κ1) is 18.5. The van der Waals surface area contributed by atoms with Crippen LogP contribution in [-0.2, 0) is 6.54 Å². The van der Waals surface area contributed by atoms with E-state index in [-0.39, 0.29) is 0 Å². The van der Waals surface area contributed by atoms with Crippen molar-refractivity contribution in [1.82, 2.24) is 24.4 Å². The first-order valence-corrected chi connectivity index (χ1v) is 10.7. The molecule has 25 heavy (non-hydrogen) atoms. The molecule has 0 saturated heterocycles. The fourth-order valence-electron chi connectivity index (χ4n) is 4.01. The van der Waals surface area contributed by atoms with Gasteiger partial charge in [-0.15, -0.1) is 10.2 Å². The molecule has 1 aliphatic rings. The van der Waals surface area contributed by atoms with Crippen molar-refractivity contribution in [3.63, 3.8) is 0 Å². The summed E-state index contributed by atoms with van der Waals surface area (Å²) in [7, 11) is 0. The number of aryl methyl sites for hydroxylation is 1. The van der Waals surface area contributed by atoms with E-state index in [0.717, 1.165) is 12.6 Å². The maximum absolute atomic E-state index is 3.95. The van der Waals surface area contributed by atoms with Gasteiger partial charge in [-0.25, -0.2) is 4.68 Å². The van der Waals surface area contributed by atoms with Crippen molar-refractivity contribution in [3.8, 4) is 0 Å². The van der Waals surface area contributed by atoms with Crippen LogP contribution in [-0.4, -0.2) is 48.5 Å². The first-order chi connectivity index (χ1) is 12.2. The highest BCUT2D eigenvalue weighted by Crippen LogP contribution is 2.26. The van der Waals surface area contributed by atoms with Crippen molar-refractivity contribution in [2.45, 2.75) is 65.5 Å². The van der Waals surface area contributed by atoms with Gasteiger partial charge in [-0.05, 0) is 44.1 Å². The van der Waals surface area contributed by atoms with Crippen LogP contribution in [0.15, 0.2) is 18.7 Å². The van der Waals surface area contributed by atoms with Crippen LogP contribution in [0.3, 0.4) is 0 Å². The Kier molecular flexibility index (Phi) is 6.59. The maximum atomic E-state index is 3.95. The summed E-state index contributed by atoms with van der Waals surface area (Å²) in [6, 6.07) is 3.09. The zero-order valence-corrected chi connectivity index (χ0v) is 16.6. The molecule has 138 valence electrons. The third-order valence-corrected chi connectivity index (χ3v) is 6.21. The lowest BCUT2D eigenvalue weighted by Crippen LogP contribution is -2.38. The number of rotatable bonds is 8. The van der Waals surface area contributed by atoms with Gasteiger partial charge in [-0.2, -0.15) is 11.8 Å². The molecule has 1 fully saturated rings. The normalized spacial score (nSPS) is 16.0. The molecule has 5 nitrogen and oxygen atoms in total. The standard InChI is InChI=1S/C19H31N5S/c1-4-25-11-10-22(19-8-6-5-7-9-19)13-18-12-16(2)24(17(18)3)23-14-20-21-15-23/h12,14-15,19H,4-11,13H2,1-3H3. The highest BCUT2D eigenvalue weighted by molar-refractivity contribution is 7.99. The first-order valence-electron chi connectivity index (χ1n) is 9.55. The Balaban J connectivity index is 1.77. The topological polar surface area (TPSA) is 38.9 Å². The second kappa shape index (κ2) is 8.90. The average Bonchev–Trinajstić information content (AvgIpc) is 3.23. The van der Waals surface area contributed by atoms with E-state index in [1.807, 2.05) is 4.68 Å². The van der Waals surface area contributed by atoms with Gasteiger partial charge in [0.05, 0.1) is 0 Å². The molecule has 0 atom stereocenters. The van der Waals surface area contributed by atoms with Crippen LogP contribution >= 0.6 is 11.8 Å². The molecule has 1 aliphatic carbocycles. The van der Waals surface area contributed by atoms with Crippen LogP contribution < -0.4 is 0 Å². The molecular formula is C19H31N5S. The molecule has 0 unspecified atom stereocenters. The molecule has 3 rings (SSSR count). The van der Waals surface area contributed by atoms with Crippen molar-refractivity contribution in [2.75, 3.05) is 18.1 Å². The quantitative estimate of drug-likeness (QED) is 0.669. The number of thioether (sulfide) groups is 1. The van der Waals surface area contributed by atoms with Crippen LogP contribution in [0.4, 0.5) is 0 Å².